The van der Waals surface area contributed by atoms with E-state index in [0.29, 0.717) is 0 Å². The summed E-state index contributed by atoms with van der Waals surface area (Å²) in [5, 5.41) is 4.25. The summed E-state index contributed by atoms with van der Waals surface area (Å²) in [4.78, 5) is 2.56. The van der Waals surface area contributed by atoms with Gasteiger partial charge in [0.2, 0.25) is 0 Å². The minimum atomic E-state index is 0.807. The van der Waals surface area contributed by atoms with Crippen LogP contribution in [0.15, 0.2) is 18.5 Å². The Morgan fingerprint density at radius 3 is 3.14 bits per heavy atom. The van der Waals surface area contributed by atoms with Crippen LogP contribution >= 0.6 is 0 Å². The van der Waals surface area contributed by atoms with Gasteiger partial charge in [-0.15, -0.1) is 0 Å². The van der Waals surface area contributed by atoms with Gasteiger partial charge in [0.1, 0.15) is 0 Å². The van der Waals surface area contributed by atoms with Crippen molar-refractivity contribution in [1.82, 2.24) is 14.7 Å². The van der Waals surface area contributed by atoms with Gasteiger partial charge in [-0.05, 0) is 37.9 Å². The normalized spacial score (nSPS) is 23.1. The maximum atomic E-state index is 4.25. The van der Waals surface area contributed by atoms with E-state index in [1.807, 2.05) is 12.3 Å². The molecule has 3 nitrogen and oxygen atoms in total. The second-order valence-electron chi connectivity index (χ2n) is 4.18. The van der Waals surface area contributed by atoms with Crippen molar-refractivity contribution in [3.05, 3.63) is 18.5 Å². The van der Waals surface area contributed by atoms with Crippen molar-refractivity contribution < 1.29 is 0 Å². The van der Waals surface area contributed by atoms with Crippen LogP contribution in [0.2, 0.25) is 0 Å². The molecule has 0 bridgehead atoms. The minimum absolute atomic E-state index is 0.807. The number of hydrogen-bond donors (Lipinski definition) is 0. The monoisotopic (exact) mass is 193 g/mol. The molecular formula is C11H19N3. The zero-order chi connectivity index (χ0) is 9.80. The van der Waals surface area contributed by atoms with Crippen LogP contribution in [0.4, 0.5) is 0 Å². The van der Waals surface area contributed by atoms with E-state index < -0.39 is 0 Å². The largest absolute Gasteiger partial charge is 0.303 e. The number of likely N-dealkylation sites (tertiary alicyclic amines) is 1. The molecule has 1 aliphatic heterocycles. The van der Waals surface area contributed by atoms with Gasteiger partial charge in [-0.25, -0.2) is 0 Å². The second kappa shape index (κ2) is 4.60. The SMILES string of the molecule is CCCN1CCC(Cn2cccn2)C1. The van der Waals surface area contributed by atoms with Crippen LogP contribution in [-0.2, 0) is 6.54 Å². The van der Waals surface area contributed by atoms with Crippen LogP contribution in [-0.4, -0.2) is 34.3 Å². The summed E-state index contributed by atoms with van der Waals surface area (Å²) in [6.45, 7) is 7.14. The van der Waals surface area contributed by atoms with Crippen molar-refractivity contribution in [2.24, 2.45) is 5.92 Å². The Morgan fingerprint density at radius 2 is 2.43 bits per heavy atom. The second-order valence-corrected chi connectivity index (χ2v) is 4.18. The van der Waals surface area contributed by atoms with Crippen molar-refractivity contribution in [3.63, 3.8) is 0 Å². The summed E-state index contributed by atoms with van der Waals surface area (Å²) in [5.74, 6) is 0.807. The molecule has 1 aromatic heterocycles. The molecule has 1 atom stereocenters. The first kappa shape index (κ1) is 9.71. The van der Waals surface area contributed by atoms with Gasteiger partial charge in [0.05, 0.1) is 0 Å². The standard InChI is InChI=1S/C11H19N3/c1-2-6-13-8-4-11(9-13)10-14-7-3-5-12-14/h3,5,7,11H,2,4,6,8-10H2,1H3. The Kier molecular flexibility index (Phi) is 3.19. The molecule has 0 aliphatic carbocycles. The van der Waals surface area contributed by atoms with E-state index in [4.69, 9.17) is 0 Å². The molecule has 1 unspecified atom stereocenters. The Labute approximate surface area is 85.7 Å². The molecule has 1 aromatic rings. The maximum absolute atomic E-state index is 4.25. The van der Waals surface area contributed by atoms with Crippen molar-refractivity contribution >= 4 is 0 Å². The Hall–Kier alpha value is -0.830. The molecule has 1 fully saturated rings. The summed E-state index contributed by atoms with van der Waals surface area (Å²) in [6, 6.07) is 2.00. The van der Waals surface area contributed by atoms with Gasteiger partial charge in [0.15, 0.2) is 0 Å². The molecule has 2 heterocycles. The Bertz CT molecular complexity index is 256. The summed E-state index contributed by atoms with van der Waals surface area (Å²) in [6.07, 6.45) is 6.52. The number of hydrogen-bond acceptors (Lipinski definition) is 2. The van der Waals surface area contributed by atoms with Crippen molar-refractivity contribution in [1.29, 1.82) is 0 Å². The van der Waals surface area contributed by atoms with Crippen LogP contribution in [0, 0.1) is 5.92 Å². The van der Waals surface area contributed by atoms with Gasteiger partial charge in [0.25, 0.3) is 0 Å². The lowest BCUT2D eigenvalue weighted by Gasteiger charge is -2.14. The molecule has 14 heavy (non-hydrogen) atoms. The molecule has 0 saturated carbocycles. The highest BCUT2D eigenvalue weighted by atomic mass is 15.3. The fraction of sp³-hybridized carbons (Fsp3) is 0.727. The maximum Gasteiger partial charge on any atom is 0.0489 e. The van der Waals surface area contributed by atoms with Crippen LogP contribution < -0.4 is 0 Å². The third-order valence-electron chi connectivity index (χ3n) is 2.91. The summed E-state index contributed by atoms with van der Waals surface area (Å²) < 4.78 is 2.06. The van der Waals surface area contributed by atoms with Gasteiger partial charge in [-0.2, -0.15) is 5.10 Å². The molecule has 0 N–H and O–H groups in total. The number of rotatable bonds is 4. The average molecular weight is 193 g/mol. The van der Waals surface area contributed by atoms with Crippen molar-refractivity contribution in [3.8, 4) is 0 Å². The minimum Gasteiger partial charge on any atom is -0.303 e. The zero-order valence-electron chi connectivity index (χ0n) is 8.89. The summed E-state index contributed by atoms with van der Waals surface area (Å²) in [7, 11) is 0. The Morgan fingerprint density at radius 1 is 1.50 bits per heavy atom. The van der Waals surface area contributed by atoms with Crippen LogP contribution in [0.25, 0.3) is 0 Å². The molecule has 78 valence electrons. The van der Waals surface area contributed by atoms with E-state index in [1.54, 1.807) is 0 Å². The van der Waals surface area contributed by atoms with E-state index in [0.717, 1.165) is 12.5 Å². The number of aromatic nitrogens is 2. The van der Waals surface area contributed by atoms with Gasteiger partial charge >= 0.3 is 0 Å². The van der Waals surface area contributed by atoms with Crippen molar-refractivity contribution in [2.45, 2.75) is 26.3 Å². The van der Waals surface area contributed by atoms with Crippen LogP contribution in [0.1, 0.15) is 19.8 Å². The molecule has 3 heteroatoms. The molecule has 1 aliphatic rings. The molecule has 0 amide bonds. The van der Waals surface area contributed by atoms with Crippen LogP contribution in [0.5, 0.6) is 0 Å². The summed E-state index contributed by atoms with van der Waals surface area (Å²) in [5.41, 5.74) is 0. The molecule has 2 rings (SSSR count). The van der Waals surface area contributed by atoms with E-state index >= 15 is 0 Å². The third kappa shape index (κ3) is 2.35. The quantitative estimate of drug-likeness (QED) is 0.724. The third-order valence-corrected chi connectivity index (χ3v) is 2.91. The highest BCUT2D eigenvalue weighted by molar-refractivity contribution is 4.81. The van der Waals surface area contributed by atoms with E-state index in [9.17, 15) is 0 Å². The van der Waals surface area contributed by atoms with E-state index in [2.05, 4.69) is 27.8 Å². The predicted octanol–water partition coefficient (Wildman–Crippen LogP) is 1.61. The molecule has 0 spiro atoms. The first-order valence-corrected chi connectivity index (χ1v) is 5.58. The smallest absolute Gasteiger partial charge is 0.0489 e. The number of nitrogens with zero attached hydrogens (tertiary/aromatic N) is 3. The van der Waals surface area contributed by atoms with Crippen molar-refractivity contribution in [2.75, 3.05) is 19.6 Å². The van der Waals surface area contributed by atoms with E-state index in [1.165, 1.54) is 32.5 Å². The lowest BCUT2D eigenvalue weighted by molar-refractivity contribution is 0.314. The molecular weight excluding hydrogens is 174 g/mol. The zero-order valence-corrected chi connectivity index (χ0v) is 8.89. The fourth-order valence-corrected chi connectivity index (χ4v) is 2.25. The first-order valence-electron chi connectivity index (χ1n) is 5.58. The van der Waals surface area contributed by atoms with Gasteiger partial charge in [0, 0.05) is 25.5 Å². The molecule has 0 aromatic carbocycles. The highest BCUT2D eigenvalue weighted by Crippen LogP contribution is 2.17. The van der Waals surface area contributed by atoms with E-state index in [-0.39, 0.29) is 0 Å². The lowest BCUT2D eigenvalue weighted by atomic mass is 10.1. The molecule has 1 saturated heterocycles. The fourth-order valence-electron chi connectivity index (χ4n) is 2.25. The molecule has 0 radical (unpaired) electrons. The average Bonchev–Trinajstić information content (AvgIpc) is 2.79. The first-order chi connectivity index (χ1) is 6.88. The van der Waals surface area contributed by atoms with Gasteiger partial charge in [-0.3, -0.25) is 4.68 Å². The van der Waals surface area contributed by atoms with Crippen LogP contribution in [0.3, 0.4) is 0 Å². The van der Waals surface area contributed by atoms with Gasteiger partial charge in [-0.1, -0.05) is 6.92 Å². The Balaban J connectivity index is 1.79. The lowest BCUT2D eigenvalue weighted by Crippen LogP contribution is -2.22. The van der Waals surface area contributed by atoms with Gasteiger partial charge < -0.3 is 4.90 Å². The topological polar surface area (TPSA) is 21.1 Å². The highest BCUT2D eigenvalue weighted by Gasteiger charge is 2.21. The predicted molar refractivity (Wildman–Crippen MR) is 57.1 cm³/mol. The summed E-state index contributed by atoms with van der Waals surface area (Å²) >= 11 is 0.